The highest BCUT2D eigenvalue weighted by atomic mass is 35.5. The topological polar surface area (TPSA) is 35.2 Å². The van der Waals surface area contributed by atoms with Crippen LogP contribution in [0.15, 0.2) is 42.5 Å². The van der Waals surface area contributed by atoms with Crippen LogP contribution in [-0.2, 0) is 12.6 Å². The predicted octanol–water partition coefficient (Wildman–Crippen LogP) is 5.82. The number of rotatable bonds is 5. The van der Waals surface area contributed by atoms with Gasteiger partial charge in [-0.2, -0.15) is 13.2 Å². The molecule has 2 rings (SSSR count). The Balaban J connectivity index is 2.13. The maximum Gasteiger partial charge on any atom is 0.416 e. The van der Waals surface area contributed by atoms with Gasteiger partial charge in [-0.1, -0.05) is 23.7 Å². The monoisotopic (exact) mass is 357 g/mol. The fourth-order valence-corrected chi connectivity index (χ4v) is 2.39. The Morgan fingerprint density at radius 3 is 2.29 bits per heavy atom. The van der Waals surface area contributed by atoms with Crippen LogP contribution < -0.4 is 10.5 Å². The van der Waals surface area contributed by atoms with Gasteiger partial charge in [0.15, 0.2) is 0 Å². The van der Waals surface area contributed by atoms with Crippen LogP contribution in [0, 0.1) is 0 Å². The van der Waals surface area contributed by atoms with E-state index in [1.807, 2.05) is 13.8 Å². The van der Waals surface area contributed by atoms with Gasteiger partial charge in [0.2, 0.25) is 0 Å². The minimum atomic E-state index is -4.41. The molecule has 2 N–H and O–H groups in total. The van der Waals surface area contributed by atoms with Crippen molar-refractivity contribution in [2.75, 3.05) is 0 Å². The van der Waals surface area contributed by atoms with Crippen LogP contribution in [-0.4, -0.2) is 5.54 Å². The van der Waals surface area contributed by atoms with Crippen molar-refractivity contribution < 1.29 is 17.9 Å². The molecule has 0 radical (unpaired) electrons. The van der Waals surface area contributed by atoms with E-state index in [1.165, 1.54) is 12.1 Å². The number of nitrogens with two attached hydrogens (primary N) is 1. The highest BCUT2D eigenvalue weighted by molar-refractivity contribution is 6.31. The van der Waals surface area contributed by atoms with E-state index in [-0.39, 0.29) is 11.3 Å². The number of aryl methyl sites for hydroxylation is 1. The first-order chi connectivity index (χ1) is 11.0. The summed E-state index contributed by atoms with van der Waals surface area (Å²) < 4.78 is 43.6. The molecule has 0 fully saturated rings. The van der Waals surface area contributed by atoms with Crippen LogP contribution in [0.3, 0.4) is 0 Å². The van der Waals surface area contributed by atoms with Crippen molar-refractivity contribution in [2.45, 2.75) is 38.4 Å². The number of hydrogen-bond acceptors (Lipinski definition) is 2. The van der Waals surface area contributed by atoms with Crippen molar-refractivity contribution in [2.24, 2.45) is 5.73 Å². The number of alkyl halides is 3. The highest BCUT2D eigenvalue weighted by Gasteiger charge is 2.30. The third kappa shape index (κ3) is 5.42. The summed E-state index contributed by atoms with van der Waals surface area (Å²) in [6.07, 6.45) is -2.93. The molecule has 0 aliphatic rings. The molecule has 0 bridgehead atoms. The Hall–Kier alpha value is -1.72. The van der Waals surface area contributed by atoms with Gasteiger partial charge in [0, 0.05) is 10.6 Å². The SMILES string of the molecule is CC(C)(N)CCc1ccc(Oc2cccc(C(F)(F)F)c2)cc1Cl. The lowest BCUT2D eigenvalue weighted by atomic mass is 9.96. The minimum absolute atomic E-state index is 0.108. The zero-order chi connectivity index (χ0) is 18.0. The Morgan fingerprint density at radius 1 is 1.04 bits per heavy atom. The summed E-state index contributed by atoms with van der Waals surface area (Å²) in [4.78, 5) is 0. The second-order valence-corrected chi connectivity index (χ2v) is 6.78. The van der Waals surface area contributed by atoms with E-state index in [4.69, 9.17) is 22.1 Å². The molecule has 2 aromatic carbocycles. The molecular weight excluding hydrogens is 339 g/mol. The molecule has 0 aromatic heterocycles. The number of hydrogen-bond donors (Lipinski definition) is 1. The number of ether oxygens (including phenoxy) is 1. The Bertz CT molecular complexity index is 708. The van der Waals surface area contributed by atoms with Crippen molar-refractivity contribution >= 4 is 11.6 Å². The second-order valence-electron chi connectivity index (χ2n) is 6.37. The molecule has 0 atom stereocenters. The van der Waals surface area contributed by atoms with Gasteiger partial charge in [0.05, 0.1) is 5.56 Å². The summed E-state index contributed by atoms with van der Waals surface area (Å²) >= 11 is 6.23. The smallest absolute Gasteiger partial charge is 0.416 e. The zero-order valence-corrected chi connectivity index (χ0v) is 14.2. The minimum Gasteiger partial charge on any atom is -0.457 e. The third-order valence-corrected chi connectivity index (χ3v) is 3.81. The van der Waals surface area contributed by atoms with E-state index in [0.717, 1.165) is 24.1 Å². The summed E-state index contributed by atoms with van der Waals surface area (Å²) in [7, 11) is 0. The molecule has 0 heterocycles. The van der Waals surface area contributed by atoms with Crippen LogP contribution in [0.2, 0.25) is 5.02 Å². The lowest BCUT2D eigenvalue weighted by Crippen LogP contribution is -2.32. The van der Waals surface area contributed by atoms with E-state index in [1.54, 1.807) is 18.2 Å². The maximum absolute atomic E-state index is 12.7. The molecule has 0 aliphatic heterocycles. The molecule has 0 saturated carbocycles. The molecule has 0 aliphatic carbocycles. The fraction of sp³-hybridized carbons (Fsp3) is 0.333. The molecule has 2 aromatic rings. The van der Waals surface area contributed by atoms with Crippen LogP contribution in [0.1, 0.15) is 31.4 Å². The van der Waals surface area contributed by atoms with E-state index in [0.29, 0.717) is 17.2 Å². The first kappa shape index (κ1) is 18.6. The molecule has 24 heavy (non-hydrogen) atoms. The van der Waals surface area contributed by atoms with Crippen molar-refractivity contribution in [1.29, 1.82) is 0 Å². The average Bonchev–Trinajstić information content (AvgIpc) is 2.45. The van der Waals surface area contributed by atoms with Crippen LogP contribution in [0.25, 0.3) is 0 Å². The summed E-state index contributed by atoms with van der Waals surface area (Å²) in [5, 5.41) is 0.503. The molecule has 130 valence electrons. The van der Waals surface area contributed by atoms with Gasteiger partial charge in [0.1, 0.15) is 11.5 Å². The number of halogens is 4. The van der Waals surface area contributed by atoms with Gasteiger partial charge in [-0.15, -0.1) is 0 Å². The average molecular weight is 358 g/mol. The quantitative estimate of drug-likeness (QED) is 0.731. The zero-order valence-electron chi connectivity index (χ0n) is 13.5. The molecule has 0 unspecified atom stereocenters. The summed E-state index contributed by atoms with van der Waals surface area (Å²) in [6.45, 7) is 3.87. The van der Waals surface area contributed by atoms with Gasteiger partial charge in [-0.05, 0) is 62.6 Å². The first-order valence-electron chi connectivity index (χ1n) is 7.47. The Morgan fingerprint density at radius 2 is 1.71 bits per heavy atom. The lowest BCUT2D eigenvalue weighted by molar-refractivity contribution is -0.137. The molecular formula is C18H19ClF3NO. The number of benzene rings is 2. The van der Waals surface area contributed by atoms with Crippen LogP contribution in [0.4, 0.5) is 13.2 Å². The maximum atomic E-state index is 12.7. The van der Waals surface area contributed by atoms with E-state index in [2.05, 4.69) is 0 Å². The van der Waals surface area contributed by atoms with Crippen molar-refractivity contribution in [1.82, 2.24) is 0 Å². The first-order valence-corrected chi connectivity index (χ1v) is 7.85. The molecule has 0 amide bonds. The van der Waals surface area contributed by atoms with Crippen LogP contribution >= 0.6 is 11.6 Å². The van der Waals surface area contributed by atoms with Gasteiger partial charge >= 0.3 is 6.18 Å². The lowest BCUT2D eigenvalue weighted by Gasteiger charge is -2.18. The highest BCUT2D eigenvalue weighted by Crippen LogP contribution is 2.33. The predicted molar refractivity (Wildman–Crippen MR) is 89.6 cm³/mol. The van der Waals surface area contributed by atoms with Crippen molar-refractivity contribution in [3.05, 3.63) is 58.6 Å². The van der Waals surface area contributed by atoms with E-state index < -0.39 is 11.7 Å². The second kappa shape index (κ2) is 7.03. The Kier molecular flexibility index (Phi) is 5.45. The van der Waals surface area contributed by atoms with Crippen LogP contribution in [0.5, 0.6) is 11.5 Å². The summed E-state index contributed by atoms with van der Waals surface area (Å²) in [6, 6.07) is 9.81. The summed E-state index contributed by atoms with van der Waals surface area (Å²) in [5.74, 6) is 0.492. The largest absolute Gasteiger partial charge is 0.457 e. The standard InChI is InChI=1S/C18H19ClF3NO/c1-17(2,23)9-8-12-6-7-15(11-16(12)19)24-14-5-3-4-13(10-14)18(20,21)22/h3-7,10-11H,8-9,23H2,1-2H3. The van der Waals surface area contributed by atoms with E-state index >= 15 is 0 Å². The fourth-order valence-electron chi connectivity index (χ4n) is 2.12. The molecule has 0 spiro atoms. The van der Waals surface area contributed by atoms with Crippen molar-refractivity contribution in [3.8, 4) is 11.5 Å². The third-order valence-electron chi connectivity index (χ3n) is 3.46. The van der Waals surface area contributed by atoms with Gasteiger partial charge in [-0.25, -0.2) is 0 Å². The van der Waals surface area contributed by atoms with Gasteiger partial charge in [-0.3, -0.25) is 0 Å². The molecule has 6 heteroatoms. The van der Waals surface area contributed by atoms with Crippen molar-refractivity contribution in [3.63, 3.8) is 0 Å². The summed E-state index contributed by atoms with van der Waals surface area (Å²) in [5.41, 5.74) is 5.83. The molecule has 2 nitrogen and oxygen atoms in total. The Labute approximate surface area is 144 Å². The van der Waals surface area contributed by atoms with Gasteiger partial charge < -0.3 is 10.5 Å². The van der Waals surface area contributed by atoms with E-state index in [9.17, 15) is 13.2 Å². The van der Waals surface area contributed by atoms with Gasteiger partial charge in [0.25, 0.3) is 0 Å². The normalized spacial score (nSPS) is 12.3. The molecule has 0 saturated heterocycles.